The molecule has 130 valence electrons. The van der Waals surface area contributed by atoms with Crippen molar-refractivity contribution in [3.8, 4) is 5.75 Å². The number of rotatable bonds is 7. The van der Waals surface area contributed by atoms with Crippen LogP contribution in [0.3, 0.4) is 0 Å². The van der Waals surface area contributed by atoms with E-state index in [1.165, 1.54) is 12.8 Å². The van der Waals surface area contributed by atoms with Gasteiger partial charge in [0.05, 0.1) is 13.0 Å². The van der Waals surface area contributed by atoms with E-state index in [1.807, 2.05) is 19.1 Å². The SMILES string of the molecule is CCOC(=O)CCN1[C@@H]2CC[C@H]1C[C@@H](Oc1ccc(C=O)cc1)C2. The van der Waals surface area contributed by atoms with Crippen LogP contribution in [0.25, 0.3) is 0 Å². The van der Waals surface area contributed by atoms with Gasteiger partial charge in [-0.15, -0.1) is 0 Å². The van der Waals surface area contributed by atoms with Crippen molar-refractivity contribution in [2.45, 2.75) is 57.2 Å². The molecule has 3 rings (SSSR count). The van der Waals surface area contributed by atoms with Crippen LogP contribution in [0.2, 0.25) is 0 Å². The Kier molecular flexibility index (Phi) is 5.51. The van der Waals surface area contributed by atoms with E-state index in [4.69, 9.17) is 9.47 Å². The van der Waals surface area contributed by atoms with E-state index in [1.54, 1.807) is 12.1 Å². The predicted octanol–water partition coefficient (Wildman–Crippen LogP) is 2.83. The summed E-state index contributed by atoms with van der Waals surface area (Å²) < 4.78 is 11.1. The summed E-state index contributed by atoms with van der Waals surface area (Å²) in [7, 11) is 0. The van der Waals surface area contributed by atoms with Crippen molar-refractivity contribution < 1.29 is 19.1 Å². The maximum Gasteiger partial charge on any atom is 0.307 e. The zero-order valence-corrected chi connectivity index (χ0v) is 14.1. The molecule has 3 atom stereocenters. The fourth-order valence-corrected chi connectivity index (χ4v) is 3.96. The minimum atomic E-state index is -0.106. The molecule has 0 aromatic heterocycles. The zero-order valence-electron chi connectivity index (χ0n) is 14.1. The molecule has 0 N–H and O–H groups in total. The van der Waals surface area contributed by atoms with Crippen LogP contribution in [0, 0.1) is 0 Å². The number of hydrogen-bond donors (Lipinski definition) is 0. The van der Waals surface area contributed by atoms with Crippen molar-refractivity contribution in [2.24, 2.45) is 0 Å². The molecule has 2 fully saturated rings. The van der Waals surface area contributed by atoms with E-state index in [-0.39, 0.29) is 12.1 Å². The summed E-state index contributed by atoms with van der Waals surface area (Å²) in [5.41, 5.74) is 0.663. The molecule has 24 heavy (non-hydrogen) atoms. The van der Waals surface area contributed by atoms with Crippen molar-refractivity contribution in [2.75, 3.05) is 13.2 Å². The van der Waals surface area contributed by atoms with E-state index < -0.39 is 0 Å². The average molecular weight is 331 g/mol. The molecule has 0 unspecified atom stereocenters. The van der Waals surface area contributed by atoms with Gasteiger partial charge in [0.1, 0.15) is 18.1 Å². The maximum absolute atomic E-state index is 11.6. The third-order valence-corrected chi connectivity index (χ3v) is 5.04. The van der Waals surface area contributed by atoms with Crippen LogP contribution in [0.4, 0.5) is 0 Å². The number of piperidine rings is 1. The Balaban J connectivity index is 1.52. The first kappa shape index (κ1) is 17.0. The Hall–Kier alpha value is -1.88. The number of hydrogen-bond acceptors (Lipinski definition) is 5. The molecule has 0 aliphatic carbocycles. The number of fused-ring (bicyclic) bond motifs is 2. The van der Waals surface area contributed by atoms with E-state index >= 15 is 0 Å². The number of benzene rings is 1. The van der Waals surface area contributed by atoms with Crippen LogP contribution in [-0.2, 0) is 9.53 Å². The first-order valence-electron chi connectivity index (χ1n) is 8.83. The smallest absolute Gasteiger partial charge is 0.307 e. The summed E-state index contributed by atoms with van der Waals surface area (Å²) in [6.07, 6.45) is 5.87. The van der Waals surface area contributed by atoms with E-state index in [0.29, 0.717) is 30.7 Å². The standard InChI is InChI=1S/C19H25NO4/c1-2-23-19(22)9-10-20-15-5-6-16(20)12-18(11-15)24-17-7-3-14(13-21)4-8-17/h3-4,7-8,13,15-16,18H,2,5-6,9-12H2,1H3/t15-,16+,18+. The van der Waals surface area contributed by atoms with Gasteiger partial charge in [0.25, 0.3) is 0 Å². The number of nitrogens with zero attached hydrogens (tertiary/aromatic N) is 1. The first-order valence-corrected chi connectivity index (χ1v) is 8.83. The van der Waals surface area contributed by atoms with Gasteiger partial charge in [0.15, 0.2) is 0 Å². The number of carbonyl (C=O) groups is 2. The molecule has 5 heteroatoms. The van der Waals surface area contributed by atoms with Gasteiger partial charge in [-0.05, 0) is 56.9 Å². The van der Waals surface area contributed by atoms with Gasteiger partial charge in [-0.2, -0.15) is 0 Å². The Bertz CT molecular complexity index is 557. The maximum atomic E-state index is 11.6. The van der Waals surface area contributed by atoms with E-state index in [0.717, 1.165) is 31.4 Å². The fourth-order valence-electron chi connectivity index (χ4n) is 3.96. The average Bonchev–Trinajstić information content (AvgIpc) is 2.83. The number of ether oxygens (including phenoxy) is 2. The third-order valence-electron chi connectivity index (χ3n) is 5.04. The van der Waals surface area contributed by atoms with Gasteiger partial charge in [0, 0.05) is 24.2 Å². The highest BCUT2D eigenvalue weighted by Gasteiger charge is 2.41. The summed E-state index contributed by atoms with van der Waals surface area (Å²) >= 11 is 0. The molecule has 2 heterocycles. The molecule has 0 saturated carbocycles. The van der Waals surface area contributed by atoms with Crippen molar-refractivity contribution >= 4 is 12.3 Å². The summed E-state index contributed by atoms with van der Waals surface area (Å²) in [4.78, 5) is 24.8. The van der Waals surface area contributed by atoms with Crippen LogP contribution >= 0.6 is 0 Å². The second-order valence-corrected chi connectivity index (χ2v) is 6.58. The second kappa shape index (κ2) is 7.79. The highest BCUT2D eigenvalue weighted by molar-refractivity contribution is 5.74. The Morgan fingerprint density at radius 1 is 1.21 bits per heavy atom. The van der Waals surface area contributed by atoms with Gasteiger partial charge in [-0.3, -0.25) is 14.5 Å². The van der Waals surface area contributed by atoms with Gasteiger partial charge < -0.3 is 9.47 Å². The molecule has 5 nitrogen and oxygen atoms in total. The second-order valence-electron chi connectivity index (χ2n) is 6.58. The van der Waals surface area contributed by atoms with E-state index in [2.05, 4.69) is 4.90 Å². The Morgan fingerprint density at radius 3 is 2.46 bits per heavy atom. The lowest BCUT2D eigenvalue weighted by Gasteiger charge is -2.38. The van der Waals surface area contributed by atoms with Gasteiger partial charge in [0.2, 0.25) is 0 Å². The molecule has 1 aromatic carbocycles. The number of aldehydes is 1. The third kappa shape index (κ3) is 3.96. The zero-order chi connectivity index (χ0) is 16.9. The fraction of sp³-hybridized carbons (Fsp3) is 0.579. The minimum Gasteiger partial charge on any atom is -0.490 e. The molecule has 0 spiro atoms. The molecule has 0 amide bonds. The van der Waals surface area contributed by atoms with Crippen LogP contribution in [0.5, 0.6) is 5.75 Å². The van der Waals surface area contributed by atoms with Crippen molar-refractivity contribution in [1.29, 1.82) is 0 Å². The Labute approximate surface area is 142 Å². The molecule has 2 aliphatic rings. The predicted molar refractivity (Wildman–Crippen MR) is 90.2 cm³/mol. The summed E-state index contributed by atoms with van der Waals surface area (Å²) in [6, 6.07) is 8.28. The molecular formula is C19H25NO4. The van der Waals surface area contributed by atoms with Crippen molar-refractivity contribution in [1.82, 2.24) is 4.90 Å². The first-order chi connectivity index (χ1) is 11.7. The lowest BCUT2D eigenvalue weighted by Crippen LogP contribution is -2.47. The van der Waals surface area contributed by atoms with Crippen LogP contribution in [-0.4, -0.2) is 48.5 Å². The van der Waals surface area contributed by atoms with Gasteiger partial charge in [-0.25, -0.2) is 0 Å². The van der Waals surface area contributed by atoms with Gasteiger partial charge >= 0.3 is 5.97 Å². The molecule has 2 saturated heterocycles. The van der Waals surface area contributed by atoms with Crippen LogP contribution in [0.15, 0.2) is 24.3 Å². The molecule has 2 aliphatic heterocycles. The molecule has 0 radical (unpaired) electrons. The van der Waals surface area contributed by atoms with Crippen molar-refractivity contribution in [3.05, 3.63) is 29.8 Å². The number of esters is 1. The lowest BCUT2D eigenvalue weighted by atomic mass is 9.99. The molecular weight excluding hydrogens is 306 g/mol. The van der Waals surface area contributed by atoms with Crippen LogP contribution in [0.1, 0.15) is 49.4 Å². The summed E-state index contributed by atoms with van der Waals surface area (Å²) in [6.45, 7) is 3.07. The highest BCUT2D eigenvalue weighted by atomic mass is 16.5. The topological polar surface area (TPSA) is 55.8 Å². The minimum absolute atomic E-state index is 0.106. The van der Waals surface area contributed by atoms with Crippen molar-refractivity contribution in [3.63, 3.8) is 0 Å². The largest absolute Gasteiger partial charge is 0.490 e. The monoisotopic (exact) mass is 331 g/mol. The van der Waals surface area contributed by atoms with Gasteiger partial charge in [-0.1, -0.05) is 0 Å². The molecule has 1 aromatic rings. The van der Waals surface area contributed by atoms with E-state index in [9.17, 15) is 9.59 Å². The Morgan fingerprint density at radius 2 is 1.88 bits per heavy atom. The summed E-state index contributed by atoms with van der Waals surface area (Å²) in [5, 5.41) is 0. The molecule has 2 bridgehead atoms. The summed E-state index contributed by atoms with van der Waals surface area (Å²) in [5.74, 6) is 0.718. The quantitative estimate of drug-likeness (QED) is 0.568. The van der Waals surface area contributed by atoms with Crippen LogP contribution < -0.4 is 4.74 Å². The number of carbonyl (C=O) groups excluding carboxylic acids is 2. The normalized spacial score (nSPS) is 26.1. The lowest BCUT2D eigenvalue weighted by molar-refractivity contribution is -0.143. The highest BCUT2D eigenvalue weighted by Crippen LogP contribution is 2.37.